The van der Waals surface area contributed by atoms with Crippen LogP contribution < -0.4 is 11.5 Å². The van der Waals surface area contributed by atoms with E-state index in [1.54, 1.807) is 6.07 Å². The lowest BCUT2D eigenvalue weighted by Gasteiger charge is -2.18. The largest absolute Gasteiger partial charge is 0.369 e. The summed E-state index contributed by atoms with van der Waals surface area (Å²) in [4.78, 5) is 22.5. The number of nitrogens with two attached hydrogens (primary N) is 2. The molecule has 0 saturated carbocycles. The zero-order chi connectivity index (χ0) is 11.1. The molecule has 0 bridgehead atoms. The molecule has 0 aliphatic carbocycles. The topological polar surface area (TPSA) is 113 Å². The lowest BCUT2D eigenvalue weighted by atomic mass is 10.3. The van der Waals surface area contributed by atoms with E-state index in [4.69, 9.17) is 28.3 Å². The van der Waals surface area contributed by atoms with Gasteiger partial charge in [-0.1, -0.05) is 0 Å². The minimum absolute atomic E-state index is 0.0733. The van der Waals surface area contributed by atoms with Gasteiger partial charge in [0, 0.05) is 6.54 Å². The summed E-state index contributed by atoms with van der Waals surface area (Å²) in [6.07, 6.45) is 0. The number of carbonyl (C=O) groups excluding carboxylic acids is 2. The summed E-state index contributed by atoms with van der Waals surface area (Å²) in [5, 5.41) is 7.61. The zero-order valence-electron chi connectivity index (χ0n) is 7.44. The van der Waals surface area contributed by atoms with Gasteiger partial charge in [0.25, 0.3) is 0 Å². The predicted octanol–water partition coefficient (Wildman–Crippen LogP) is -1.61. The number of halogens is 1. The fraction of sp³-hybridized carbons (Fsp3) is 0.571. The number of nitriles is 1. The van der Waals surface area contributed by atoms with Gasteiger partial charge in [-0.25, -0.2) is 0 Å². The molecule has 0 spiro atoms. The van der Waals surface area contributed by atoms with Crippen LogP contribution in [0.4, 0.5) is 0 Å². The maximum Gasteiger partial charge on any atom is 0.231 e. The molecular formula is C7H11ClN4O2. The molecule has 0 fully saturated rings. The summed E-state index contributed by atoms with van der Waals surface area (Å²) in [5.74, 6) is -1.21. The quantitative estimate of drug-likeness (QED) is 0.522. The Morgan fingerprint density at radius 3 is 2.07 bits per heavy atom. The van der Waals surface area contributed by atoms with Crippen LogP contribution in [0.25, 0.3) is 0 Å². The maximum absolute atomic E-state index is 10.6. The predicted molar refractivity (Wildman–Crippen MR) is 50.1 cm³/mol. The van der Waals surface area contributed by atoms with Gasteiger partial charge in [0.2, 0.25) is 11.8 Å². The van der Waals surface area contributed by atoms with Crippen molar-refractivity contribution < 1.29 is 9.59 Å². The molecular weight excluding hydrogens is 208 g/mol. The molecule has 0 radical (unpaired) electrons. The van der Waals surface area contributed by atoms with Crippen molar-refractivity contribution in [3.05, 3.63) is 0 Å². The minimum atomic E-state index is -0.798. The molecule has 1 atom stereocenters. The second kappa shape index (κ2) is 6.18. The standard InChI is InChI=1S/C7H11ClN4O2/c8-5(1-9)2-12(3-6(10)13)4-7(11)14/h5H,2-4H2,(H2,10,13)(H2,11,14). The van der Waals surface area contributed by atoms with Gasteiger partial charge in [-0.05, 0) is 0 Å². The number of carbonyl (C=O) groups is 2. The molecule has 0 aromatic heterocycles. The van der Waals surface area contributed by atoms with Crippen LogP contribution in [0.2, 0.25) is 0 Å². The van der Waals surface area contributed by atoms with Gasteiger partial charge in [-0.2, -0.15) is 5.26 Å². The van der Waals surface area contributed by atoms with Gasteiger partial charge in [-0.3, -0.25) is 14.5 Å². The number of primary amides is 2. The smallest absolute Gasteiger partial charge is 0.231 e. The van der Waals surface area contributed by atoms with Crippen molar-refractivity contribution in [2.45, 2.75) is 5.38 Å². The normalized spacial score (nSPS) is 12.1. The summed E-state index contributed by atoms with van der Waals surface area (Å²) < 4.78 is 0. The molecule has 6 nitrogen and oxygen atoms in total. The Morgan fingerprint density at radius 2 is 1.79 bits per heavy atom. The maximum atomic E-state index is 10.6. The molecule has 7 heteroatoms. The molecule has 0 aromatic rings. The number of nitrogens with zero attached hydrogens (tertiary/aromatic N) is 2. The van der Waals surface area contributed by atoms with Gasteiger partial charge in [-0.15, -0.1) is 11.6 Å². The molecule has 4 N–H and O–H groups in total. The summed E-state index contributed by atoms with van der Waals surface area (Å²) >= 11 is 5.52. The number of hydrogen-bond donors (Lipinski definition) is 2. The highest BCUT2D eigenvalue weighted by Crippen LogP contribution is 1.98. The Balaban J connectivity index is 4.18. The molecule has 0 saturated heterocycles. The third-order valence-electron chi connectivity index (χ3n) is 1.32. The van der Waals surface area contributed by atoms with Crippen LogP contribution in [0.15, 0.2) is 0 Å². The molecule has 1 unspecified atom stereocenters. The monoisotopic (exact) mass is 218 g/mol. The Labute approximate surface area is 86.4 Å². The second-order valence-corrected chi connectivity index (χ2v) is 3.23. The number of hydrogen-bond acceptors (Lipinski definition) is 4. The van der Waals surface area contributed by atoms with Gasteiger partial charge in [0.15, 0.2) is 0 Å². The van der Waals surface area contributed by atoms with Gasteiger partial charge in [0.1, 0.15) is 5.38 Å². The highest BCUT2D eigenvalue weighted by molar-refractivity contribution is 6.22. The first-order valence-electron chi connectivity index (χ1n) is 3.78. The first-order valence-corrected chi connectivity index (χ1v) is 4.22. The summed E-state index contributed by atoms with van der Waals surface area (Å²) in [6.45, 7) is -0.217. The average Bonchev–Trinajstić information content (AvgIpc) is 2.01. The highest BCUT2D eigenvalue weighted by atomic mass is 35.5. The van der Waals surface area contributed by atoms with E-state index in [2.05, 4.69) is 0 Å². The van der Waals surface area contributed by atoms with Crippen LogP contribution in [-0.2, 0) is 9.59 Å². The molecule has 0 heterocycles. The Hall–Kier alpha value is -1.32. The third kappa shape index (κ3) is 6.22. The lowest BCUT2D eigenvalue weighted by molar-refractivity contribution is -0.121. The number of amides is 2. The molecule has 2 amide bonds. The van der Waals surface area contributed by atoms with Crippen molar-refractivity contribution in [2.75, 3.05) is 19.6 Å². The Bertz CT molecular complexity index is 247. The van der Waals surface area contributed by atoms with Crippen molar-refractivity contribution in [2.24, 2.45) is 11.5 Å². The van der Waals surface area contributed by atoms with Crippen molar-refractivity contribution in [1.29, 1.82) is 5.26 Å². The van der Waals surface area contributed by atoms with Crippen LogP contribution in [0.3, 0.4) is 0 Å². The first kappa shape index (κ1) is 12.7. The van der Waals surface area contributed by atoms with Crippen molar-refractivity contribution >= 4 is 23.4 Å². The molecule has 0 aliphatic heterocycles. The van der Waals surface area contributed by atoms with Crippen LogP contribution in [0, 0.1) is 11.3 Å². The van der Waals surface area contributed by atoms with E-state index >= 15 is 0 Å². The SMILES string of the molecule is N#CC(Cl)CN(CC(N)=O)CC(N)=O. The van der Waals surface area contributed by atoms with Crippen molar-refractivity contribution in [3.63, 3.8) is 0 Å². The van der Waals surface area contributed by atoms with E-state index in [1.807, 2.05) is 0 Å². The second-order valence-electron chi connectivity index (χ2n) is 2.70. The molecule has 0 rings (SSSR count). The van der Waals surface area contributed by atoms with Gasteiger partial charge < -0.3 is 11.5 Å². The fourth-order valence-electron chi connectivity index (χ4n) is 0.893. The number of alkyl halides is 1. The van der Waals surface area contributed by atoms with E-state index in [9.17, 15) is 9.59 Å². The van der Waals surface area contributed by atoms with E-state index in [0.29, 0.717) is 0 Å². The average molecular weight is 219 g/mol. The van der Waals surface area contributed by atoms with Gasteiger partial charge in [0.05, 0.1) is 19.2 Å². The third-order valence-corrected chi connectivity index (χ3v) is 1.55. The van der Waals surface area contributed by atoms with Crippen LogP contribution in [0.1, 0.15) is 0 Å². The number of rotatable bonds is 6. The summed E-state index contributed by atoms with van der Waals surface area (Å²) in [6, 6.07) is 1.76. The van der Waals surface area contributed by atoms with Crippen LogP contribution in [-0.4, -0.2) is 41.7 Å². The highest BCUT2D eigenvalue weighted by Gasteiger charge is 2.15. The molecule has 78 valence electrons. The Morgan fingerprint density at radius 1 is 1.36 bits per heavy atom. The first-order chi connectivity index (χ1) is 6.45. The zero-order valence-corrected chi connectivity index (χ0v) is 8.20. The minimum Gasteiger partial charge on any atom is -0.369 e. The lowest BCUT2D eigenvalue weighted by Crippen LogP contribution is -2.42. The van der Waals surface area contributed by atoms with Crippen molar-refractivity contribution in [3.8, 4) is 6.07 Å². The van der Waals surface area contributed by atoms with E-state index in [1.165, 1.54) is 4.90 Å². The summed E-state index contributed by atoms with van der Waals surface area (Å²) in [5.41, 5.74) is 9.86. The fourth-order valence-corrected chi connectivity index (χ4v) is 1.09. The molecule has 14 heavy (non-hydrogen) atoms. The molecule has 0 aliphatic rings. The van der Waals surface area contributed by atoms with E-state index < -0.39 is 17.2 Å². The van der Waals surface area contributed by atoms with Crippen molar-refractivity contribution in [1.82, 2.24) is 4.90 Å². The van der Waals surface area contributed by atoms with Crippen LogP contribution >= 0.6 is 11.6 Å². The van der Waals surface area contributed by atoms with E-state index in [0.717, 1.165) is 0 Å². The Kier molecular flexibility index (Phi) is 5.60. The summed E-state index contributed by atoms with van der Waals surface area (Å²) in [7, 11) is 0. The van der Waals surface area contributed by atoms with Crippen LogP contribution in [0.5, 0.6) is 0 Å². The molecule has 0 aromatic carbocycles. The van der Waals surface area contributed by atoms with E-state index in [-0.39, 0.29) is 19.6 Å². The van der Waals surface area contributed by atoms with Gasteiger partial charge >= 0.3 is 0 Å².